The molecule has 1 saturated carbocycles. The number of carbonyl (C=O) groups is 1. The van der Waals surface area contributed by atoms with Gasteiger partial charge in [-0.05, 0) is 66.0 Å². The van der Waals surface area contributed by atoms with Crippen molar-refractivity contribution in [3.8, 4) is 16.8 Å². The summed E-state index contributed by atoms with van der Waals surface area (Å²) in [6, 6.07) is 11.3. The number of amides is 1. The molecule has 4 nitrogen and oxygen atoms in total. The van der Waals surface area contributed by atoms with E-state index in [1.807, 2.05) is 24.3 Å². The lowest BCUT2D eigenvalue weighted by Crippen LogP contribution is -2.43. The molecule has 0 unspecified atom stereocenters. The molecule has 2 atom stereocenters. The average molecular weight is 424 g/mol. The topological polar surface area (TPSA) is 46.9 Å². The van der Waals surface area contributed by atoms with Crippen LogP contribution in [0.5, 0.6) is 0 Å². The van der Waals surface area contributed by atoms with E-state index in [9.17, 15) is 13.6 Å². The molecule has 162 valence electrons. The van der Waals surface area contributed by atoms with Gasteiger partial charge in [-0.25, -0.2) is 13.8 Å². The van der Waals surface area contributed by atoms with Gasteiger partial charge in [0.1, 0.15) is 5.69 Å². The number of imidazole rings is 1. The summed E-state index contributed by atoms with van der Waals surface area (Å²) in [5.41, 5.74) is 2.80. The molecule has 2 aromatic carbocycles. The Kier molecular flexibility index (Phi) is 5.65. The van der Waals surface area contributed by atoms with Crippen LogP contribution in [-0.2, 0) is 0 Å². The molecule has 1 aromatic heterocycles. The van der Waals surface area contributed by atoms with E-state index in [-0.39, 0.29) is 17.4 Å². The zero-order chi connectivity index (χ0) is 22.2. The van der Waals surface area contributed by atoms with Gasteiger partial charge in [0.25, 0.3) is 5.91 Å². The third-order valence-corrected chi connectivity index (χ3v) is 5.99. The first-order valence-corrected chi connectivity index (χ1v) is 10.6. The Balaban J connectivity index is 1.52. The number of hydrogen-bond donors (Lipinski definition) is 1. The predicted octanol–water partition coefficient (Wildman–Crippen LogP) is 5.76. The minimum absolute atomic E-state index is 0.142. The van der Waals surface area contributed by atoms with Crippen molar-refractivity contribution in [2.45, 2.75) is 46.1 Å². The van der Waals surface area contributed by atoms with Crippen LogP contribution in [0.3, 0.4) is 0 Å². The average Bonchev–Trinajstić information content (AvgIpc) is 3.19. The molecular weight excluding hydrogens is 396 g/mol. The van der Waals surface area contributed by atoms with Crippen LogP contribution in [0.25, 0.3) is 16.8 Å². The number of benzene rings is 2. The van der Waals surface area contributed by atoms with Crippen molar-refractivity contribution >= 4 is 5.91 Å². The lowest BCUT2D eigenvalue weighted by molar-refractivity contribution is 0.0867. The maximum Gasteiger partial charge on any atom is 0.270 e. The molecule has 1 fully saturated rings. The Morgan fingerprint density at radius 3 is 2.45 bits per heavy atom. The summed E-state index contributed by atoms with van der Waals surface area (Å²) in [6.07, 6.45) is 6.28. The van der Waals surface area contributed by atoms with Gasteiger partial charge in [0, 0.05) is 11.7 Å². The molecular formula is C25H27F2N3O. The quantitative estimate of drug-likeness (QED) is 0.580. The van der Waals surface area contributed by atoms with Crippen LogP contribution in [0.1, 0.15) is 50.5 Å². The maximum absolute atomic E-state index is 13.5. The molecule has 1 amide bonds. The SMILES string of the molecule is C[C@H]1C[C@@H](NC(=O)c2cncn2-c2ccc(-c3ccc(F)c(F)c3)cc2)CC(C)(C)C1. The van der Waals surface area contributed by atoms with Crippen LogP contribution in [0.15, 0.2) is 55.0 Å². The Morgan fingerprint density at radius 1 is 1.06 bits per heavy atom. The number of nitrogens with zero attached hydrogens (tertiary/aromatic N) is 2. The largest absolute Gasteiger partial charge is 0.348 e. The van der Waals surface area contributed by atoms with Crippen molar-refractivity contribution in [2.75, 3.05) is 0 Å². The van der Waals surface area contributed by atoms with E-state index in [1.54, 1.807) is 17.1 Å². The number of rotatable bonds is 4. The van der Waals surface area contributed by atoms with Crippen molar-refractivity contribution in [3.63, 3.8) is 0 Å². The van der Waals surface area contributed by atoms with E-state index in [1.165, 1.54) is 18.6 Å². The summed E-state index contributed by atoms with van der Waals surface area (Å²) in [5, 5.41) is 3.19. The summed E-state index contributed by atoms with van der Waals surface area (Å²) in [4.78, 5) is 17.2. The van der Waals surface area contributed by atoms with E-state index >= 15 is 0 Å². The molecule has 0 radical (unpaired) electrons. The minimum atomic E-state index is -0.879. The summed E-state index contributed by atoms with van der Waals surface area (Å²) in [7, 11) is 0. The Hall–Kier alpha value is -3.02. The van der Waals surface area contributed by atoms with Crippen molar-refractivity contribution in [1.29, 1.82) is 0 Å². The van der Waals surface area contributed by atoms with Gasteiger partial charge in [0.15, 0.2) is 11.6 Å². The van der Waals surface area contributed by atoms with E-state index in [0.29, 0.717) is 17.2 Å². The van der Waals surface area contributed by atoms with E-state index in [0.717, 1.165) is 30.2 Å². The first kappa shape index (κ1) is 21.2. The monoisotopic (exact) mass is 423 g/mol. The Labute approximate surface area is 181 Å². The van der Waals surface area contributed by atoms with E-state index < -0.39 is 11.6 Å². The standard InChI is InChI=1S/C25H27F2N3O/c1-16-10-19(13-25(2,3)12-16)29-24(31)23-14-28-15-30(23)20-7-4-17(5-8-20)18-6-9-21(26)22(27)11-18/h4-9,11,14-16,19H,10,12-13H2,1-3H3,(H,29,31)/t16-,19+/m0/s1. The lowest BCUT2D eigenvalue weighted by Gasteiger charge is -2.39. The maximum atomic E-state index is 13.5. The van der Waals surface area contributed by atoms with Crippen LogP contribution in [-0.4, -0.2) is 21.5 Å². The fraction of sp³-hybridized carbons (Fsp3) is 0.360. The van der Waals surface area contributed by atoms with Crippen molar-refractivity contribution in [3.05, 3.63) is 72.3 Å². The highest BCUT2D eigenvalue weighted by atomic mass is 19.2. The van der Waals surface area contributed by atoms with Gasteiger partial charge in [-0.3, -0.25) is 9.36 Å². The molecule has 0 spiro atoms. The molecule has 1 aliphatic rings. The molecule has 31 heavy (non-hydrogen) atoms. The number of aromatic nitrogens is 2. The van der Waals surface area contributed by atoms with Crippen LogP contribution < -0.4 is 5.32 Å². The summed E-state index contributed by atoms with van der Waals surface area (Å²) >= 11 is 0. The van der Waals surface area contributed by atoms with Gasteiger partial charge in [0.05, 0.1) is 12.5 Å². The molecule has 1 aliphatic carbocycles. The molecule has 4 rings (SSSR count). The normalized spacial score (nSPS) is 20.4. The first-order valence-electron chi connectivity index (χ1n) is 10.6. The first-order chi connectivity index (χ1) is 14.7. The molecule has 1 heterocycles. The Morgan fingerprint density at radius 2 is 1.77 bits per heavy atom. The highest BCUT2D eigenvalue weighted by Crippen LogP contribution is 2.38. The molecule has 0 bridgehead atoms. The van der Waals surface area contributed by atoms with Gasteiger partial charge >= 0.3 is 0 Å². The van der Waals surface area contributed by atoms with E-state index in [4.69, 9.17) is 0 Å². The molecule has 3 aromatic rings. The number of carbonyl (C=O) groups excluding carboxylic acids is 1. The second-order valence-corrected chi connectivity index (χ2v) is 9.41. The van der Waals surface area contributed by atoms with Gasteiger partial charge in [-0.15, -0.1) is 0 Å². The van der Waals surface area contributed by atoms with Gasteiger partial charge in [-0.1, -0.05) is 39.0 Å². The van der Waals surface area contributed by atoms with Crippen molar-refractivity contribution < 1.29 is 13.6 Å². The van der Waals surface area contributed by atoms with Crippen LogP contribution >= 0.6 is 0 Å². The summed E-state index contributed by atoms with van der Waals surface area (Å²) < 4.78 is 28.5. The number of nitrogens with one attached hydrogen (secondary N) is 1. The third-order valence-electron chi connectivity index (χ3n) is 5.99. The highest BCUT2D eigenvalue weighted by Gasteiger charge is 2.33. The number of halogens is 2. The zero-order valence-corrected chi connectivity index (χ0v) is 18.0. The van der Waals surface area contributed by atoms with Gasteiger partial charge in [0.2, 0.25) is 0 Å². The molecule has 0 aliphatic heterocycles. The lowest BCUT2D eigenvalue weighted by atomic mass is 9.70. The van der Waals surface area contributed by atoms with Crippen molar-refractivity contribution in [1.82, 2.24) is 14.9 Å². The minimum Gasteiger partial charge on any atom is -0.348 e. The van der Waals surface area contributed by atoms with Crippen LogP contribution in [0, 0.1) is 23.0 Å². The third kappa shape index (κ3) is 4.68. The zero-order valence-electron chi connectivity index (χ0n) is 18.0. The second kappa shape index (κ2) is 8.25. The number of hydrogen-bond acceptors (Lipinski definition) is 2. The molecule has 0 saturated heterocycles. The fourth-order valence-corrected chi connectivity index (χ4v) is 4.87. The second-order valence-electron chi connectivity index (χ2n) is 9.41. The van der Waals surface area contributed by atoms with E-state index in [2.05, 4.69) is 31.1 Å². The van der Waals surface area contributed by atoms with Crippen LogP contribution in [0.4, 0.5) is 8.78 Å². The smallest absolute Gasteiger partial charge is 0.270 e. The fourth-order valence-electron chi connectivity index (χ4n) is 4.87. The summed E-state index contributed by atoms with van der Waals surface area (Å²) in [6.45, 7) is 6.74. The van der Waals surface area contributed by atoms with Crippen molar-refractivity contribution in [2.24, 2.45) is 11.3 Å². The molecule has 1 N–H and O–H groups in total. The van der Waals surface area contributed by atoms with Gasteiger partial charge in [-0.2, -0.15) is 0 Å². The Bertz CT molecular complexity index is 1090. The van der Waals surface area contributed by atoms with Crippen LogP contribution in [0.2, 0.25) is 0 Å². The summed E-state index contributed by atoms with van der Waals surface area (Å²) in [5.74, 6) is -1.32. The van der Waals surface area contributed by atoms with Gasteiger partial charge < -0.3 is 5.32 Å². The predicted molar refractivity (Wildman–Crippen MR) is 117 cm³/mol. The molecule has 6 heteroatoms. The highest BCUT2D eigenvalue weighted by molar-refractivity contribution is 5.93.